The smallest absolute Gasteiger partial charge is 0.255 e. The zero-order valence-corrected chi connectivity index (χ0v) is 14.7. The van der Waals surface area contributed by atoms with Gasteiger partial charge in [-0.15, -0.1) is 5.10 Å². The van der Waals surface area contributed by atoms with Crippen molar-refractivity contribution in [2.75, 3.05) is 26.2 Å². The fourth-order valence-electron chi connectivity index (χ4n) is 5.37. The monoisotopic (exact) mass is 356 g/mol. The molecule has 8 nitrogen and oxygen atoms in total. The Morgan fingerprint density at radius 1 is 1.23 bits per heavy atom. The van der Waals surface area contributed by atoms with E-state index in [1.54, 1.807) is 18.3 Å². The Balaban J connectivity index is 1.41. The van der Waals surface area contributed by atoms with E-state index >= 15 is 0 Å². The number of tetrazole rings is 1. The molecule has 3 saturated heterocycles. The molecular formula is C18H24N6O2. The summed E-state index contributed by atoms with van der Waals surface area (Å²) in [4.78, 5) is 17.6. The number of aliphatic hydroxyl groups excluding tert-OH is 1. The summed E-state index contributed by atoms with van der Waals surface area (Å²) in [6.45, 7) is 2.80. The first-order valence-corrected chi connectivity index (χ1v) is 9.58. The van der Waals surface area contributed by atoms with Crippen LogP contribution in [0.1, 0.15) is 36.0 Å². The van der Waals surface area contributed by atoms with Crippen molar-refractivity contribution in [1.29, 1.82) is 0 Å². The van der Waals surface area contributed by atoms with Crippen molar-refractivity contribution in [2.24, 2.45) is 11.8 Å². The number of rotatable bonds is 2. The molecule has 5 rings (SSSR count). The molecule has 4 atom stereocenters. The molecule has 3 aliphatic rings. The Morgan fingerprint density at radius 2 is 2.12 bits per heavy atom. The first-order valence-electron chi connectivity index (χ1n) is 9.58. The SMILES string of the molecule is O=C(c1ccc2nnnn2c1)N1C[C@H]2C[C@@H](C1)[C@H](CO)N1CCCC[C@@H]21. The Hall–Kier alpha value is -2.06. The minimum absolute atomic E-state index is 0.0399. The molecule has 0 radical (unpaired) electrons. The van der Waals surface area contributed by atoms with Gasteiger partial charge in [-0.2, -0.15) is 4.52 Å². The molecule has 2 bridgehead atoms. The van der Waals surface area contributed by atoms with E-state index in [1.165, 1.54) is 23.8 Å². The number of amides is 1. The van der Waals surface area contributed by atoms with E-state index in [-0.39, 0.29) is 18.6 Å². The van der Waals surface area contributed by atoms with E-state index in [2.05, 4.69) is 20.4 Å². The molecule has 1 amide bonds. The van der Waals surface area contributed by atoms with Crippen LogP contribution in [-0.2, 0) is 0 Å². The number of hydrogen-bond acceptors (Lipinski definition) is 6. The first-order chi connectivity index (χ1) is 12.7. The molecule has 1 N–H and O–H groups in total. The Kier molecular flexibility index (Phi) is 3.90. The first kappa shape index (κ1) is 16.1. The van der Waals surface area contributed by atoms with Crippen LogP contribution in [0.15, 0.2) is 18.3 Å². The molecule has 0 aromatic carbocycles. The molecule has 0 unspecified atom stereocenters. The Labute approximate surface area is 151 Å². The molecule has 3 aliphatic heterocycles. The van der Waals surface area contributed by atoms with E-state index in [4.69, 9.17) is 0 Å². The van der Waals surface area contributed by atoms with Gasteiger partial charge in [0.05, 0.1) is 12.2 Å². The number of likely N-dealkylation sites (tertiary alicyclic amines) is 1. The van der Waals surface area contributed by atoms with Crippen molar-refractivity contribution in [1.82, 2.24) is 29.8 Å². The molecule has 5 heterocycles. The summed E-state index contributed by atoms with van der Waals surface area (Å²) >= 11 is 0. The second kappa shape index (κ2) is 6.28. The molecule has 0 spiro atoms. The molecular weight excluding hydrogens is 332 g/mol. The van der Waals surface area contributed by atoms with Crippen LogP contribution in [0.5, 0.6) is 0 Å². The second-order valence-electron chi connectivity index (χ2n) is 7.92. The maximum absolute atomic E-state index is 13.1. The standard InChI is InChI=1S/C18H24N6O2/c25-11-16-14-7-13(15-3-1-2-6-23(15)16)8-22(9-14)18(26)12-4-5-17-19-20-21-24(17)10-12/h4-5,10,13-16,25H,1-3,6-9,11H2/t13-,14+,15+,16+/m1/s1. The van der Waals surface area contributed by atoms with Gasteiger partial charge in [-0.25, -0.2) is 0 Å². The molecule has 2 aromatic heterocycles. The van der Waals surface area contributed by atoms with Gasteiger partial charge in [-0.3, -0.25) is 9.69 Å². The van der Waals surface area contributed by atoms with Crippen LogP contribution in [-0.4, -0.2) is 79.2 Å². The summed E-state index contributed by atoms with van der Waals surface area (Å²) in [5, 5.41) is 21.4. The van der Waals surface area contributed by atoms with Crippen LogP contribution in [0.2, 0.25) is 0 Å². The highest BCUT2D eigenvalue weighted by atomic mass is 16.3. The second-order valence-corrected chi connectivity index (χ2v) is 7.92. The van der Waals surface area contributed by atoms with Crippen LogP contribution in [0.25, 0.3) is 5.65 Å². The number of aromatic nitrogens is 4. The van der Waals surface area contributed by atoms with Crippen molar-refractivity contribution < 1.29 is 9.90 Å². The predicted octanol–water partition coefficient (Wildman–Crippen LogP) is 0.432. The van der Waals surface area contributed by atoms with Crippen molar-refractivity contribution in [3.05, 3.63) is 23.9 Å². The number of carbonyl (C=O) groups is 1. The third-order valence-electron chi connectivity index (χ3n) is 6.53. The molecule has 3 fully saturated rings. The van der Waals surface area contributed by atoms with Gasteiger partial charge in [0.15, 0.2) is 5.65 Å². The van der Waals surface area contributed by atoms with Crippen molar-refractivity contribution in [3.8, 4) is 0 Å². The number of nitrogens with zero attached hydrogens (tertiary/aromatic N) is 6. The van der Waals surface area contributed by atoms with Crippen LogP contribution in [0.4, 0.5) is 0 Å². The van der Waals surface area contributed by atoms with E-state index in [1.807, 2.05) is 4.90 Å². The van der Waals surface area contributed by atoms with E-state index in [0.717, 1.165) is 26.1 Å². The summed E-state index contributed by atoms with van der Waals surface area (Å²) in [5.41, 5.74) is 1.25. The predicted molar refractivity (Wildman–Crippen MR) is 93.5 cm³/mol. The lowest BCUT2D eigenvalue weighted by Gasteiger charge is -2.56. The summed E-state index contributed by atoms with van der Waals surface area (Å²) in [7, 11) is 0. The van der Waals surface area contributed by atoms with Crippen LogP contribution in [0.3, 0.4) is 0 Å². The highest BCUT2D eigenvalue weighted by Gasteiger charge is 2.47. The van der Waals surface area contributed by atoms with Gasteiger partial charge >= 0.3 is 0 Å². The number of carbonyl (C=O) groups excluding carboxylic acids is 1. The van der Waals surface area contributed by atoms with Crippen molar-refractivity contribution >= 4 is 11.6 Å². The summed E-state index contributed by atoms with van der Waals surface area (Å²) in [5.74, 6) is 0.907. The van der Waals surface area contributed by atoms with Gasteiger partial charge in [0, 0.05) is 31.4 Å². The maximum Gasteiger partial charge on any atom is 0.255 e. The number of fused-ring (bicyclic) bond motifs is 5. The molecule has 8 heteroatoms. The largest absolute Gasteiger partial charge is 0.395 e. The van der Waals surface area contributed by atoms with E-state index < -0.39 is 0 Å². The lowest BCUT2D eigenvalue weighted by molar-refractivity contribution is -0.0795. The zero-order valence-electron chi connectivity index (χ0n) is 14.7. The average Bonchev–Trinajstić information content (AvgIpc) is 3.15. The summed E-state index contributed by atoms with van der Waals surface area (Å²) < 4.78 is 1.54. The van der Waals surface area contributed by atoms with E-state index in [0.29, 0.717) is 29.1 Å². The minimum Gasteiger partial charge on any atom is -0.395 e. The Morgan fingerprint density at radius 3 is 3.00 bits per heavy atom. The summed E-state index contributed by atoms with van der Waals surface area (Å²) in [6, 6.07) is 4.27. The van der Waals surface area contributed by atoms with Gasteiger partial charge in [0.25, 0.3) is 5.91 Å². The number of piperidine rings is 3. The molecule has 0 aliphatic carbocycles. The minimum atomic E-state index is 0.0399. The lowest BCUT2D eigenvalue weighted by Crippen LogP contribution is -2.65. The highest BCUT2D eigenvalue weighted by Crippen LogP contribution is 2.41. The van der Waals surface area contributed by atoms with Gasteiger partial charge in [-0.1, -0.05) is 6.42 Å². The quantitative estimate of drug-likeness (QED) is 0.840. The lowest BCUT2D eigenvalue weighted by atomic mass is 9.72. The Bertz CT molecular complexity index is 809. The van der Waals surface area contributed by atoms with E-state index in [9.17, 15) is 9.90 Å². The van der Waals surface area contributed by atoms with Gasteiger partial charge in [0.2, 0.25) is 0 Å². The number of aliphatic hydroxyl groups is 1. The van der Waals surface area contributed by atoms with Crippen LogP contribution in [0, 0.1) is 11.8 Å². The van der Waals surface area contributed by atoms with Gasteiger partial charge in [-0.05, 0) is 60.2 Å². The zero-order chi connectivity index (χ0) is 17.7. The molecule has 0 saturated carbocycles. The third-order valence-corrected chi connectivity index (χ3v) is 6.53. The summed E-state index contributed by atoms with van der Waals surface area (Å²) in [6.07, 6.45) is 6.50. The molecule has 26 heavy (non-hydrogen) atoms. The van der Waals surface area contributed by atoms with Crippen molar-refractivity contribution in [3.63, 3.8) is 0 Å². The van der Waals surface area contributed by atoms with Gasteiger partial charge in [0.1, 0.15) is 0 Å². The third kappa shape index (κ3) is 2.51. The molecule has 138 valence electrons. The highest BCUT2D eigenvalue weighted by molar-refractivity contribution is 5.94. The van der Waals surface area contributed by atoms with Crippen LogP contribution >= 0.6 is 0 Å². The molecule has 2 aromatic rings. The maximum atomic E-state index is 13.1. The number of hydrogen-bond donors (Lipinski definition) is 1. The topological polar surface area (TPSA) is 86.9 Å². The van der Waals surface area contributed by atoms with Crippen molar-refractivity contribution in [2.45, 2.75) is 37.8 Å². The van der Waals surface area contributed by atoms with Crippen LogP contribution < -0.4 is 0 Å². The fourth-order valence-corrected chi connectivity index (χ4v) is 5.37. The number of pyridine rings is 1. The van der Waals surface area contributed by atoms with Gasteiger partial charge < -0.3 is 10.0 Å². The average molecular weight is 356 g/mol. The fraction of sp³-hybridized carbons (Fsp3) is 0.667. The normalized spacial score (nSPS) is 31.8.